The standard InChI is InChI=1S/C11H13N3O/c1-8-13-11(15-14-8)10-5-3-2-4-9(10)6-7-12/h2-5H,6-7,12H2,1H3. The molecule has 2 aromatic rings. The van der Waals surface area contributed by atoms with Crippen LogP contribution in [0.25, 0.3) is 11.5 Å². The molecule has 15 heavy (non-hydrogen) atoms. The highest BCUT2D eigenvalue weighted by Gasteiger charge is 2.09. The van der Waals surface area contributed by atoms with Crippen LogP contribution in [-0.4, -0.2) is 16.7 Å². The smallest absolute Gasteiger partial charge is 0.258 e. The van der Waals surface area contributed by atoms with Crippen LogP contribution in [0.3, 0.4) is 0 Å². The van der Waals surface area contributed by atoms with E-state index >= 15 is 0 Å². The van der Waals surface area contributed by atoms with Crippen molar-refractivity contribution in [1.82, 2.24) is 10.1 Å². The van der Waals surface area contributed by atoms with Crippen molar-refractivity contribution >= 4 is 0 Å². The SMILES string of the molecule is Cc1noc(-c2ccccc2CCN)n1. The number of nitrogens with zero attached hydrogens (tertiary/aromatic N) is 2. The van der Waals surface area contributed by atoms with Crippen LogP contribution in [0.4, 0.5) is 0 Å². The summed E-state index contributed by atoms with van der Waals surface area (Å²) in [5.41, 5.74) is 7.66. The molecule has 0 bridgehead atoms. The Balaban J connectivity index is 2.42. The Labute approximate surface area is 88.1 Å². The summed E-state index contributed by atoms with van der Waals surface area (Å²) < 4.78 is 5.14. The van der Waals surface area contributed by atoms with Gasteiger partial charge in [-0.05, 0) is 31.5 Å². The molecule has 0 spiro atoms. The summed E-state index contributed by atoms with van der Waals surface area (Å²) >= 11 is 0. The summed E-state index contributed by atoms with van der Waals surface area (Å²) in [7, 11) is 0. The van der Waals surface area contributed by atoms with E-state index in [2.05, 4.69) is 10.1 Å². The van der Waals surface area contributed by atoms with E-state index in [4.69, 9.17) is 10.3 Å². The lowest BCUT2D eigenvalue weighted by molar-refractivity contribution is 0.425. The van der Waals surface area contributed by atoms with Gasteiger partial charge in [0.15, 0.2) is 5.82 Å². The predicted octanol–water partition coefficient (Wildman–Crippen LogP) is 1.55. The second kappa shape index (κ2) is 4.23. The van der Waals surface area contributed by atoms with Crippen LogP contribution < -0.4 is 5.73 Å². The van der Waals surface area contributed by atoms with Gasteiger partial charge >= 0.3 is 0 Å². The number of rotatable bonds is 3. The molecule has 2 N–H and O–H groups in total. The average molecular weight is 203 g/mol. The quantitative estimate of drug-likeness (QED) is 0.821. The molecule has 0 amide bonds. The predicted molar refractivity (Wildman–Crippen MR) is 57.2 cm³/mol. The third kappa shape index (κ3) is 2.05. The maximum Gasteiger partial charge on any atom is 0.258 e. The highest BCUT2D eigenvalue weighted by Crippen LogP contribution is 2.21. The first-order chi connectivity index (χ1) is 7.31. The molecule has 0 aliphatic carbocycles. The van der Waals surface area contributed by atoms with Crippen LogP contribution in [0.15, 0.2) is 28.8 Å². The van der Waals surface area contributed by atoms with Crippen molar-refractivity contribution < 1.29 is 4.52 Å². The van der Waals surface area contributed by atoms with Crippen LogP contribution in [-0.2, 0) is 6.42 Å². The van der Waals surface area contributed by atoms with Gasteiger partial charge in [-0.3, -0.25) is 0 Å². The molecule has 2 rings (SSSR count). The molecule has 4 nitrogen and oxygen atoms in total. The van der Waals surface area contributed by atoms with E-state index < -0.39 is 0 Å². The first-order valence-electron chi connectivity index (χ1n) is 4.90. The second-order valence-electron chi connectivity index (χ2n) is 3.34. The fourth-order valence-corrected chi connectivity index (χ4v) is 1.51. The summed E-state index contributed by atoms with van der Waals surface area (Å²) in [6, 6.07) is 7.94. The molecule has 0 atom stereocenters. The molecule has 0 fully saturated rings. The van der Waals surface area contributed by atoms with Gasteiger partial charge in [-0.1, -0.05) is 23.4 Å². The van der Waals surface area contributed by atoms with Crippen molar-refractivity contribution in [2.75, 3.05) is 6.54 Å². The fourth-order valence-electron chi connectivity index (χ4n) is 1.51. The van der Waals surface area contributed by atoms with Crippen molar-refractivity contribution in [1.29, 1.82) is 0 Å². The molecule has 0 radical (unpaired) electrons. The van der Waals surface area contributed by atoms with Crippen molar-refractivity contribution in [3.63, 3.8) is 0 Å². The topological polar surface area (TPSA) is 64.9 Å². The Morgan fingerprint density at radius 2 is 2.13 bits per heavy atom. The van der Waals surface area contributed by atoms with E-state index in [1.807, 2.05) is 24.3 Å². The number of benzene rings is 1. The number of nitrogens with two attached hydrogens (primary N) is 1. The Kier molecular flexibility index (Phi) is 2.78. The molecule has 0 aliphatic rings. The van der Waals surface area contributed by atoms with Crippen LogP contribution in [0, 0.1) is 6.92 Å². The van der Waals surface area contributed by atoms with Crippen LogP contribution in [0.2, 0.25) is 0 Å². The first kappa shape index (κ1) is 9.86. The first-order valence-corrected chi connectivity index (χ1v) is 4.90. The maximum atomic E-state index is 5.55. The molecule has 0 unspecified atom stereocenters. The lowest BCUT2D eigenvalue weighted by Gasteiger charge is -2.03. The van der Waals surface area contributed by atoms with Crippen LogP contribution >= 0.6 is 0 Å². The van der Waals surface area contributed by atoms with E-state index in [1.165, 1.54) is 0 Å². The van der Waals surface area contributed by atoms with Crippen molar-refractivity contribution in [3.05, 3.63) is 35.7 Å². The van der Waals surface area contributed by atoms with E-state index in [0.717, 1.165) is 17.5 Å². The minimum Gasteiger partial charge on any atom is -0.334 e. The molecular formula is C11H13N3O. The molecule has 1 heterocycles. The van der Waals surface area contributed by atoms with Gasteiger partial charge in [0.1, 0.15) is 0 Å². The lowest BCUT2D eigenvalue weighted by atomic mass is 10.0. The number of aromatic nitrogens is 2. The average Bonchev–Trinajstić information content (AvgIpc) is 2.66. The third-order valence-electron chi connectivity index (χ3n) is 2.19. The van der Waals surface area contributed by atoms with Crippen molar-refractivity contribution in [3.8, 4) is 11.5 Å². The van der Waals surface area contributed by atoms with E-state index in [-0.39, 0.29) is 0 Å². The van der Waals surface area contributed by atoms with E-state index in [1.54, 1.807) is 6.92 Å². The molecule has 78 valence electrons. The Hall–Kier alpha value is -1.68. The van der Waals surface area contributed by atoms with Gasteiger partial charge in [0.2, 0.25) is 0 Å². The number of aryl methyl sites for hydroxylation is 1. The van der Waals surface area contributed by atoms with Crippen LogP contribution in [0.1, 0.15) is 11.4 Å². The summed E-state index contributed by atoms with van der Waals surface area (Å²) in [5.74, 6) is 1.21. The largest absolute Gasteiger partial charge is 0.334 e. The molecule has 0 saturated heterocycles. The minimum absolute atomic E-state index is 0.566. The zero-order valence-corrected chi connectivity index (χ0v) is 8.60. The Morgan fingerprint density at radius 1 is 1.33 bits per heavy atom. The third-order valence-corrected chi connectivity index (χ3v) is 2.19. The molecule has 4 heteroatoms. The molecule has 0 aliphatic heterocycles. The Morgan fingerprint density at radius 3 is 2.80 bits per heavy atom. The monoisotopic (exact) mass is 203 g/mol. The second-order valence-corrected chi connectivity index (χ2v) is 3.34. The summed E-state index contributed by atoms with van der Waals surface area (Å²) in [6.07, 6.45) is 0.817. The minimum atomic E-state index is 0.566. The fraction of sp³-hybridized carbons (Fsp3) is 0.273. The normalized spacial score (nSPS) is 10.5. The zero-order chi connectivity index (χ0) is 10.7. The maximum absolute atomic E-state index is 5.55. The van der Waals surface area contributed by atoms with Gasteiger partial charge in [0, 0.05) is 5.56 Å². The van der Waals surface area contributed by atoms with Crippen LogP contribution in [0.5, 0.6) is 0 Å². The van der Waals surface area contributed by atoms with E-state index in [0.29, 0.717) is 18.3 Å². The van der Waals surface area contributed by atoms with Gasteiger partial charge < -0.3 is 10.3 Å². The Bertz CT molecular complexity index is 451. The lowest BCUT2D eigenvalue weighted by Crippen LogP contribution is -2.03. The zero-order valence-electron chi connectivity index (χ0n) is 8.60. The van der Waals surface area contributed by atoms with Gasteiger partial charge in [0.25, 0.3) is 5.89 Å². The van der Waals surface area contributed by atoms with Crippen molar-refractivity contribution in [2.24, 2.45) is 5.73 Å². The van der Waals surface area contributed by atoms with Gasteiger partial charge in [-0.25, -0.2) is 0 Å². The summed E-state index contributed by atoms with van der Waals surface area (Å²) in [4.78, 5) is 4.21. The summed E-state index contributed by atoms with van der Waals surface area (Å²) in [6.45, 7) is 2.42. The number of hydrogen-bond donors (Lipinski definition) is 1. The van der Waals surface area contributed by atoms with Crippen molar-refractivity contribution in [2.45, 2.75) is 13.3 Å². The van der Waals surface area contributed by atoms with E-state index in [9.17, 15) is 0 Å². The van der Waals surface area contributed by atoms with Gasteiger partial charge in [0.05, 0.1) is 0 Å². The number of hydrogen-bond acceptors (Lipinski definition) is 4. The molecular weight excluding hydrogens is 190 g/mol. The van der Waals surface area contributed by atoms with Gasteiger partial charge in [-0.2, -0.15) is 4.98 Å². The molecule has 1 aromatic heterocycles. The molecule has 0 saturated carbocycles. The summed E-state index contributed by atoms with van der Waals surface area (Å²) in [5, 5.41) is 3.78. The molecule has 1 aromatic carbocycles. The highest BCUT2D eigenvalue weighted by molar-refractivity contribution is 5.58. The van der Waals surface area contributed by atoms with Gasteiger partial charge in [-0.15, -0.1) is 0 Å². The highest BCUT2D eigenvalue weighted by atomic mass is 16.5.